The number of carbonyl (C=O) groups is 1. The van der Waals surface area contributed by atoms with Crippen molar-refractivity contribution in [3.63, 3.8) is 0 Å². The Hall–Kier alpha value is -4.79. The van der Waals surface area contributed by atoms with E-state index in [1.165, 1.54) is 0 Å². The van der Waals surface area contributed by atoms with Gasteiger partial charge in [-0.1, -0.05) is 13.0 Å². The third kappa shape index (κ3) is 3.72. The Morgan fingerprint density at radius 1 is 1.06 bits per heavy atom. The molecular formula is C26H22N8O. The zero-order valence-electron chi connectivity index (χ0n) is 19.2. The number of carbonyl (C=O) groups excluding carboxylic acids is 1. The third-order valence-corrected chi connectivity index (χ3v) is 5.99. The van der Waals surface area contributed by atoms with Crippen LogP contribution in [0.4, 0.5) is 5.69 Å². The molecule has 0 unspecified atom stereocenters. The molecule has 9 heteroatoms. The van der Waals surface area contributed by atoms with Crippen LogP contribution in [0.3, 0.4) is 0 Å². The number of aromatic amines is 2. The van der Waals surface area contributed by atoms with Gasteiger partial charge in [0.15, 0.2) is 0 Å². The summed E-state index contributed by atoms with van der Waals surface area (Å²) in [5, 5.41) is 12.5. The number of aryl methyl sites for hydroxylation is 1. The van der Waals surface area contributed by atoms with Crippen molar-refractivity contribution in [3.05, 3.63) is 73.2 Å². The summed E-state index contributed by atoms with van der Waals surface area (Å²) < 4.78 is 2.00. The van der Waals surface area contributed by atoms with Gasteiger partial charge in [0.05, 0.1) is 40.8 Å². The highest BCUT2D eigenvalue weighted by atomic mass is 16.1. The van der Waals surface area contributed by atoms with Crippen molar-refractivity contribution in [1.29, 1.82) is 0 Å². The van der Waals surface area contributed by atoms with Crippen LogP contribution in [0.15, 0.2) is 67.5 Å². The lowest BCUT2D eigenvalue weighted by Gasteiger charge is -2.06. The van der Waals surface area contributed by atoms with E-state index in [-0.39, 0.29) is 5.91 Å². The molecule has 172 valence electrons. The van der Waals surface area contributed by atoms with E-state index < -0.39 is 0 Å². The number of hydrogen-bond donors (Lipinski definition) is 3. The number of aromatic nitrogens is 7. The van der Waals surface area contributed by atoms with E-state index >= 15 is 0 Å². The topological polar surface area (TPSA) is 117 Å². The summed E-state index contributed by atoms with van der Waals surface area (Å²) in [6, 6.07) is 12.1. The van der Waals surface area contributed by atoms with Gasteiger partial charge >= 0.3 is 0 Å². The molecular weight excluding hydrogens is 440 g/mol. The van der Waals surface area contributed by atoms with E-state index in [0.717, 1.165) is 55.8 Å². The normalized spacial score (nSPS) is 11.4. The molecule has 0 bridgehead atoms. The molecule has 6 rings (SSSR count). The highest BCUT2D eigenvalue weighted by Crippen LogP contribution is 2.33. The lowest BCUT2D eigenvalue weighted by molar-refractivity contribution is -0.115. The first-order valence-electron chi connectivity index (χ1n) is 11.3. The first kappa shape index (κ1) is 20.8. The molecule has 0 fully saturated rings. The molecule has 5 heterocycles. The minimum atomic E-state index is -0.0471. The molecule has 1 amide bonds. The van der Waals surface area contributed by atoms with Gasteiger partial charge in [-0.3, -0.25) is 14.9 Å². The molecule has 0 saturated carbocycles. The van der Waals surface area contributed by atoms with Crippen molar-refractivity contribution in [2.45, 2.75) is 20.3 Å². The highest BCUT2D eigenvalue weighted by molar-refractivity contribution is 5.99. The van der Waals surface area contributed by atoms with Crippen LogP contribution < -0.4 is 5.32 Å². The second-order valence-electron chi connectivity index (χ2n) is 8.39. The molecule has 0 aliphatic rings. The van der Waals surface area contributed by atoms with Gasteiger partial charge in [0.1, 0.15) is 11.3 Å². The summed E-state index contributed by atoms with van der Waals surface area (Å²) in [7, 11) is 0. The van der Waals surface area contributed by atoms with Crippen molar-refractivity contribution < 1.29 is 4.79 Å². The second-order valence-corrected chi connectivity index (χ2v) is 8.39. The Balaban J connectivity index is 1.43. The lowest BCUT2D eigenvalue weighted by atomic mass is 10.0. The Morgan fingerprint density at radius 3 is 2.80 bits per heavy atom. The second kappa shape index (κ2) is 8.21. The SMILES string of the molecule is CCC(=O)Nc1cncc(-c2ccc3[nH]nc(-c4cc5c(-n6cnc(C)c6)ccnc5[nH]4)c3c2)c1. The number of nitrogens with one attached hydrogen (secondary N) is 3. The minimum Gasteiger partial charge on any atom is -0.338 e. The summed E-state index contributed by atoms with van der Waals surface area (Å²) >= 11 is 0. The largest absolute Gasteiger partial charge is 0.338 e. The predicted molar refractivity (Wildman–Crippen MR) is 135 cm³/mol. The fourth-order valence-corrected chi connectivity index (χ4v) is 4.23. The van der Waals surface area contributed by atoms with Gasteiger partial charge in [-0.05, 0) is 42.8 Å². The number of amides is 1. The number of nitrogens with zero attached hydrogens (tertiary/aromatic N) is 5. The number of anilines is 1. The van der Waals surface area contributed by atoms with Gasteiger partial charge in [-0.25, -0.2) is 9.97 Å². The number of imidazole rings is 1. The van der Waals surface area contributed by atoms with Crippen molar-refractivity contribution in [2.75, 3.05) is 5.32 Å². The number of fused-ring (bicyclic) bond motifs is 2. The number of H-pyrrole nitrogens is 2. The molecule has 6 aromatic rings. The molecule has 0 aliphatic carbocycles. The van der Waals surface area contributed by atoms with Crippen LogP contribution >= 0.6 is 0 Å². The Kier molecular flexibility index (Phi) is 4.88. The molecule has 0 atom stereocenters. The average Bonchev–Trinajstić information content (AvgIpc) is 3.61. The fraction of sp³-hybridized carbons (Fsp3) is 0.115. The van der Waals surface area contributed by atoms with Gasteiger partial charge in [0.2, 0.25) is 5.91 Å². The van der Waals surface area contributed by atoms with Crippen LogP contribution in [0, 0.1) is 6.92 Å². The number of rotatable bonds is 5. The van der Waals surface area contributed by atoms with E-state index in [9.17, 15) is 4.79 Å². The molecule has 0 saturated heterocycles. The summed E-state index contributed by atoms with van der Waals surface area (Å²) in [6.07, 6.45) is 9.42. The smallest absolute Gasteiger partial charge is 0.224 e. The molecule has 3 N–H and O–H groups in total. The Labute approximate surface area is 200 Å². The molecule has 5 aromatic heterocycles. The van der Waals surface area contributed by atoms with Gasteiger partial charge in [-0.2, -0.15) is 5.10 Å². The van der Waals surface area contributed by atoms with Gasteiger partial charge in [0.25, 0.3) is 0 Å². The minimum absolute atomic E-state index is 0.0471. The van der Waals surface area contributed by atoms with E-state index in [0.29, 0.717) is 12.1 Å². The molecule has 0 radical (unpaired) electrons. The lowest BCUT2D eigenvalue weighted by Crippen LogP contribution is -2.09. The van der Waals surface area contributed by atoms with Crippen LogP contribution in [0.25, 0.3) is 50.1 Å². The molecule has 0 aliphatic heterocycles. The quantitative estimate of drug-likeness (QED) is 0.333. The maximum absolute atomic E-state index is 11.8. The number of hydrogen-bond acceptors (Lipinski definition) is 5. The highest BCUT2D eigenvalue weighted by Gasteiger charge is 2.15. The molecule has 0 spiro atoms. The van der Waals surface area contributed by atoms with Crippen molar-refractivity contribution in [3.8, 4) is 28.2 Å². The maximum Gasteiger partial charge on any atom is 0.224 e. The zero-order chi connectivity index (χ0) is 23.9. The average molecular weight is 463 g/mol. The van der Waals surface area contributed by atoms with Gasteiger partial charge < -0.3 is 14.9 Å². The number of pyridine rings is 2. The Morgan fingerprint density at radius 2 is 1.97 bits per heavy atom. The fourth-order valence-electron chi connectivity index (χ4n) is 4.23. The van der Waals surface area contributed by atoms with E-state index in [1.807, 2.05) is 48.9 Å². The summed E-state index contributed by atoms with van der Waals surface area (Å²) in [5.41, 5.74) is 7.86. The van der Waals surface area contributed by atoms with Crippen molar-refractivity contribution >= 4 is 33.5 Å². The standard InChI is InChI=1S/C26H22N8O/c1-3-24(35)30-18-8-17(11-27-12-18)16-4-5-21-19(9-16)25(33-32-21)22-10-20-23(6-7-28-26(20)31-22)34-13-15(2)29-14-34/h4-14H,3H2,1-2H3,(H,28,31)(H,30,35)(H,32,33). The van der Waals surface area contributed by atoms with E-state index in [1.54, 1.807) is 24.9 Å². The first-order valence-corrected chi connectivity index (χ1v) is 11.3. The van der Waals surface area contributed by atoms with Crippen molar-refractivity contribution in [2.24, 2.45) is 0 Å². The summed E-state index contributed by atoms with van der Waals surface area (Å²) in [6.45, 7) is 3.79. The molecule has 1 aromatic carbocycles. The first-order chi connectivity index (χ1) is 17.1. The molecule has 9 nitrogen and oxygen atoms in total. The van der Waals surface area contributed by atoms with Crippen LogP contribution in [0.2, 0.25) is 0 Å². The maximum atomic E-state index is 11.8. The van der Waals surface area contributed by atoms with Crippen LogP contribution in [-0.2, 0) is 4.79 Å². The van der Waals surface area contributed by atoms with E-state index in [2.05, 4.69) is 47.6 Å². The summed E-state index contributed by atoms with van der Waals surface area (Å²) in [5.74, 6) is -0.0471. The molecule has 35 heavy (non-hydrogen) atoms. The summed E-state index contributed by atoms with van der Waals surface area (Å²) in [4.78, 5) is 28.4. The number of benzene rings is 1. The Bertz CT molecular complexity index is 1710. The van der Waals surface area contributed by atoms with Gasteiger partial charge in [-0.15, -0.1) is 0 Å². The van der Waals surface area contributed by atoms with Crippen LogP contribution in [-0.4, -0.2) is 40.6 Å². The van der Waals surface area contributed by atoms with Crippen LogP contribution in [0.1, 0.15) is 19.0 Å². The monoisotopic (exact) mass is 462 g/mol. The van der Waals surface area contributed by atoms with Crippen LogP contribution in [0.5, 0.6) is 0 Å². The zero-order valence-corrected chi connectivity index (χ0v) is 19.2. The third-order valence-electron chi connectivity index (χ3n) is 5.99. The predicted octanol–water partition coefficient (Wildman–Crippen LogP) is 5.01. The van der Waals surface area contributed by atoms with Crippen molar-refractivity contribution in [1.82, 2.24) is 34.7 Å². The van der Waals surface area contributed by atoms with E-state index in [4.69, 9.17) is 0 Å². The van der Waals surface area contributed by atoms with Gasteiger partial charge in [0, 0.05) is 41.3 Å².